The standard InChI is InChI=1S/C21H26BrN3O3S/c1-3-24(16-7-5-4-6-8-16)19(26)14-29-21-23-18-10-9-15(22)13-17(18)20(27)25(21)11-12-28-2/h7,9-10,13H,3-6,8,11-12,14H2,1-2H3. The number of carbonyl (C=O) groups excluding carboxylic acids is 1. The minimum absolute atomic E-state index is 0.0501. The van der Waals surface area contributed by atoms with Gasteiger partial charge in [-0.3, -0.25) is 14.2 Å². The molecule has 0 saturated heterocycles. The van der Waals surface area contributed by atoms with Crippen LogP contribution in [0.4, 0.5) is 0 Å². The number of rotatable bonds is 8. The highest BCUT2D eigenvalue weighted by atomic mass is 79.9. The van der Waals surface area contributed by atoms with Crippen molar-refractivity contribution in [2.24, 2.45) is 0 Å². The fraction of sp³-hybridized carbons (Fsp3) is 0.476. The van der Waals surface area contributed by atoms with Gasteiger partial charge < -0.3 is 9.64 Å². The summed E-state index contributed by atoms with van der Waals surface area (Å²) >= 11 is 4.73. The van der Waals surface area contributed by atoms with Crippen molar-refractivity contribution >= 4 is 44.5 Å². The van der Waals surface area contributed by atoms with Crippen molar-refractivity contribution < 1.29 is 9.53 Å². The zero-order chi connectivity index (χ0) is 20.8. The Morgan fingerprint density at radius 3 is 2.90 bits per heavy atom. The summed E-state index contributed by atoms with van der Waals surface area (Å²) < 4.78 is 7.60. The van der Waals surface area contributed by atoms with Crippen LogP contribution in [0.1, 0.15) is 32.6 Å². The van der Waals surface area contributed by atoms with E-state index in [1.54, 1.807) is 17.7 Å². The lowest BCUT2D eigenvalue weighted by atomic mass is 10.0. The second-order valence-corrected chi connectivity index (χ2v) is 8.73. The van der Waals surface area contributed by atoms with Gasteiger partial charge in [0.1, 0.15) is 0 Å². The fourth-order valence-electron chi connectivity index (χ4n) is 3.47. The maximum atomic E-state index is 13.0. The summed E-state index contributed by atoms with van der Waals surface area (Å²) in [6.07, 6.45) is 6.47. The second kappa shape index (κ2) is 10.4. The number of halogens is 1. The summed E-state index contributed by atoms with van der Waals surface area (Å²) in [6.45, 7) is 3.44. The minimum atomic E-state index is -0.120. The number of thioether (sulfide) groups is 1. The Kier molecular flexibility index (Phi) is 7.91. The Balaban J connectivity index is 1.86. The van der Waals surface area contributed by atoms with E-state index < -0.39 is 0 Å². The number of hydrogen-bond acceptors (Lipinski definition) is 5. The van der Waals surface area contributed by atoms with E-state index >= 15 is 0 Å². The fourth-order valence-corrected chi connectivity index (χ4v) is 4.74. The van der Waals surface area contributed by atoms with E-state index in [1.807, 2.05) is 24.0 Å². The molecule has 0 unspecified atom stereocenters. The van der Waals surface area contributed by atoms with Crippen LogP contribution in [0.15, 0.2) is 44.4 Å². The first kappa shape index (κ1) is 22.1. The predicted octanol–water partition coefficient (Wildman–Crippen LogP) is 4.20. The molecule has 0 saturated carbocycles. The monoisotopic (exact) mass is 479 g/mol. The predicted molar refractivity (Wildman–Crippen MR) is 120 cm³/mol. The average Bonchev–Trinajstić information content (AvgIpc) is 2.73. The molecule has 1 amide bonds. The first-order chi connectivity index (χ1) is 14.0. The molecular weight excluding hydrogens is 454 g/mol. The van der Waals surface area contributed by atoms with Crippen molar-refractivity contribution in [3.05, 3.63) is 44.8 Å². The molecule has 0 spiro atoms. The number of nitrogens with zero attached hydrogens (tertiary/aromatic N) is 3. The number of ether oxygens (including phenoxy) is 1. The number of allylic oxidation sites excluding steroid dienone is 2. The van der Waals surface area contributed by atoms with Crippen molar-refractivity contribution in [3.63, 3.8) is 0 Å². The molecule has 0 atom stereocenters. The molecule has 3 rings (SSSR count). The number of benzene rings is 1. The highest BCUT2D eigenvalue weighted by Crippen LogP contribution is 2.24. The molecule has 1 heterocycles. The Hall–Kier alpha value is -1.64. The average molecular weight is 480 g/mol. The third-order valence-corrected chi connectivity index (χ3v) is 6.41. The van der Waals surface area contributed by atoms with E-state index in [9.17, 15) is 9.59 Å². The van der Waals surface area contributed by atoms with Crippen molar-refractivity contribution in [1.82, 2.24) is 14.5 Å². The highest BCUT2D eigenvalue weighted by molar-refractivity contribution is 9.10. The third kappa shape index (κ3) is 5.29. The molecule has 0 fully saturated rings. The maximum Gasteiger partial charge on any atom is 0.262 e. The molecule has 2 aromatic rings. The van der Waals surface area contributed by atoms with Crippen molar-refractivity contribution in [1.29, 1.82) is 0 Å². The number of fused-ring (bicyclic) bond motifs is 1. The maximum absolute atomic E-state index is 13.0. The minimum Gasteiger partial charge on any atom is -0.383 e. The lowest BCUT2D eigenvalue weighted by molar-refractivity contribution is -0.126. The lowest BCUT2D eigenvalue weighted by Gasteiger charge is -2.26. The topological polar surface area (TPSA) is 64.4 Å². The van der Waals surface area contributed by atoms with Gasteiger partial charge in [0.15, 0.2) is 5.16 Å². The first-order valence-electron chi connectivity index (χ1n) is 9.86. The molecular formula is C21H26BrN3O3S. The number of hydrogen-bond donors (Lipinski definition) is 0. The quantitative estimate of drug-likeness (QED) is 0.419. The summed E-state index contributed by atoms with van der Waals surface area (Å²) in [6, 6.07) is 5.46. The highest BCUT2D eigenvalue weighted by Gasteiger charge is 2.20. The van der Waals surface area contributed by atoms with Gasteiger partial charge >= 0.3 is 0 Å². The Morgan fingerprint density at radius 1 is 1.38 bits per heavy atom. The molecule has 156 valence electrons. The van der Waals surface area contributed by atoms with E-state index in [4.69, 9.17) is 4.74 Å². The van der Waals surface area contributed by atoms with Crippen LogP contribution in [0, 0.1) is 0 Å². The molecule has 1 aliphatic rings. The lowest BCUT2D eigenvalue weighted by Crippen LogP contribution is -2.32. The number of carbonyl (C=O) groups is 1. The van der Waals surface area contributed by atoms with Crippen LogP contribution in [0.3, 0.4) is 0 Å². The molecule has 6 nitrogen and oxygen atoms in total. The molecule has 29 heavy (non-hydrogen) atoms. The van der Waals surface area contributed by atoms with Crippen molar-refractivity contribution in [2.75, 3.05) is 26.0 Å². The van der Waals surface area contributed by atoms with Gasteiger partial charge in [-0.25, -0.2) is 4.98 Å². The van der Waals surface area contributed by atoms with E-state index in [2.05, 4.69) is 27.0 Å². The largest absolute Gasteiger partial charge is 0.383 e. The summed E-state index contributed by atoms with van der Waals surface area (Å²) in [7, 11) is 1.60. The first-order valence-corrected chi connectivity index (χ1v) is 11.6. The normalized spacial score (nSPS) is 14.1. The number of amides is 1. The third-order valence-electron chi connectivity index (χ3n) is 4.96. The summed E-state index contributed by atoms with van der Waals surface area (Å²) in [4.78, 5) is 32.4. The summed E-state index contributed by atoms with van der Waals surface area (Å²) in [5.74, 6) is 0.293. The Labute approximate surface area is 183 Å². The van der Waals surface area contributed by atoms with E-state index in [0.717, 1.165) is 29.4 Å². The molecule has 0 aliphatic heterocycles. The molecule has 0 N–H and O–H groups in total. The van der Waals surface area contributed by atoms with Crippen LogP contribution in [0.2, 0.25) is 0 Å². The van der Waals surface area contributed by atoms with Crippen LogP contribution in [-0.2, 0) is 16.1 Å². The van der Waals surface area contributed by atoms with Gasteiger partial charge in [-0.2, -0.15) is 0 Å². The summed E-state index contributed by atoms with van der Waals surface area (Å²) in [5.41, 5.74) is 1.63. The number of aromatic nitrogens is 2. The second-order valence-electron chi connectivity index (χ2n) is 6.87. The van der Waals surface area contributed by atoms with Gasteiger partial charge in [0, 0.05) is 23.8 Å². The van der Waals surface area contributed by atoms with Crippen LogP contribution in [0.25, 0.3) is 10.9 Å². The van der Waals surface area contributed by atoms with E-state index in [0.29, 0.717) is 35.8 Å². The van der Waals surface area contributed by atoms with Gasteiger partial charge in [-0.1, -0.05) is 33.8 Å². The molecule has 8 heteroatoms. The van der Waals surface area contributed by atoms with Crippen LogP contribution in [0.5, 0.6) is 0 Å². The van der Waals surface area contributed by atoms with E-state index in [-0.39, 0.29) is 17.2 Å². The number of methoxy groups -OCH3 is 1. The Morgan fingerprint density at radius 2 is 2.21 bits per heavy atom. The van der Waals surface area contributed by atoms with Gasteiger partial charge in [0.25, 0.3) is 5.56 Å². The smallest absolute Gasteiger partial charge is 0.262 e. The summed E-state index contributed by atoms with van der Waals surface area (Å²) in [5, 5.41) is 1.09. The van der Waals surface area contributed by atoms with E-state index in [1.165, 1.54) is 18.2 Å². The molecule has 1 aliphatic carbocycles. The zero-order valence-corrected chi connectivity index (χ0v) is 19.2. The van der Waals surface area contributed by atoms with Gasteiger partial charge in [0.05, 0.1) is 29.8 Å². The Bertz CT molecular complexity index is 974. The van der Waals surface area contributed by atoms with Crippen LogP contribution < -0.4 is 5.56 Å². The van der Waals surface area contributed by atoms with Crippen molar-refractivity contribution in [3.8, 4) is 0 Å². The van der Waals surface area contributed by atoms with Crippen LogP contribution >= 0.6 is 27.7 Å². The SMILES string of the molecule is CCN(C(=O)CSc1nc2ccc(Br)cc2c(=O)n1CCOC)C1=CCCCC1. The zero-order valence-electron chi connectivity index (χ0n) is 16.8. The van der Waals surface area contributed by atoms with Gasteiger partial charge in [0.2, 0.25) is 5.91 Å². The van der Waals surface area contributed by atoms with Gasteiger partial charge in [-0.05, 0) is 50.8 Å². The van der Waals surface area contributed by atoms with Crippen molar-refractivity contribution in [2.45, 2.75) is 44.3 Å². The van der Waals surface area contributed by atoms with Gasteiger partial charge in [-0.15, -0.1) is 0 Å². The molecule has 0 bridgehead atoms. The molecule has 0 radical (unpaired) electrons. The molecule has 1 aromatic heterocycles. The molecule has 1 aromatic carbocycles. The van der Waals surface area contributed by atoms with Crippen LogP contribution in [-0.4, -0.2) is 46.4 Å².